The van der Waals surface area contributed by atoms with Gasteiger partial charge in [-0.25, -0.2) is 8.78 Å². The van der Waals surface area contributed by atoms with E-state index in [9.17, 15) is 18.4 Å². The van der Waals surface area contributed by atoms with E-state index in [-0.39, 0.29) is 19.0 Å². The van der Waals surface area contributed by atoms with E-state index in [2.05, 4.69) is 5.32 Å². The average molecular weight is 348 g/mol. The average Bonchev–Trinajstić information content (AvgIpc) is 2.62. The molecule has 0 saturated heterocycles. The van der Waals surface area contributed by atoms with Crippen molar-refractivity contribution in [2.45, 2.75) is 6.92 Å². The molecule has 0 radical (unpaired) electrons. The maximum Gasteiger partial charge on any atom is 0.254 e. The molecule has 2 aromatic rings. The molecule has 2 amide bonds. The maximum atomic E-state index is 13.6. The Labute approximate surface area is 144 Å². The molecule has 0 atom stereocenters. The second kappa shape index (κ2) is 8.23. The van der Waals surface area contributed by atoms with Gasteiger partial charge < -0.3 is 15.0 Å². The van der Waals surface area contributed by atoms with Gasteiger partial charge in [-0.3, -0.25) is 9.59 Å². The van der Waals surface area contributed by atoms with E-state index >= 15 is 0 Å². The first kappa shape index (κ1) is 18.4. The fourth-order valence-corrected chi connectivity index (χ4v) is 2.21. The summed E-state index contributed by atoms with van der Waals surface area (Å²) in [6.07, 6.45) is 0. The van der Waals surface area contributed by atoms with E-state index in [4.69, 9.17) is 4.74 Å². The highest BCUT2D eigenvalue weighted by atomic mass is 19.1. The van der Waals surface area contributed by atoms with Gasteiger partial charge in [0, 0.05) is 12.1 Å². The molecule has 0 unspecified atom stereocenters. The fourth-order valence-electron chi connectivity index (χ4n) is 2.21. The molecule has 0 aliphatic rings. The lowest BCUT2D eigenvalue weighted by Gasteiger charge is -2.20. The van der Waals surface area contributed by atoms with E-state index in [0.717, 1.165) is 12.1 Å². The van der Waals surface area contributed by atoms with Crippen molar-refractivity contribution in [3.63, 3.8) is 0 Å². The van der Waals surface area contributed by atoms with Crippen LogP contribution in [0.25, 0.3) is 0 Å². The topological polar surface area (TPSA) is 58.6 Å². The molecule has 0 fully saturated rings. The van der Waals surface area contributed by atoms with Gasteiger partial charge in [0.15, 0.2) is 0 Å². The van der Waals surface area contributed by atoms with Crippen molar-refractivity contribution in [1.29, 1.82) is 0 Å². The number of para-hydroxylation sites is 1. The summed E-state index contributed by atoms with van der Waals surface area (Å²) in [6, 6.07) is 9.71. The van der Waals surface area contributed by atoms with Crippen LogP contribution >= 0.6 is 0 Å². The van der Waals surface area contributed by atoms with E-state index < -0.39 is 23.2 Å². The first-order chi connectivity index (χ1) is 12.0. The van der Waals surface area contributed by atoms with Crippen LogP contribution in [-0.2, 0) is 4.79 Å². The molecule has 0 aliphatic heterocycles. The second-order valence-electron chi connectivity index (χ2n) is 5.19. The van der Waals surface area contributed by atoms with Crippen molar-refractivity contribution in [2.75, 3.05) is 25.5 Å². The monoisotopic (exact) mass is 348 g/mol. The Morgan fingerprint density at radius 3 is 2.20 bits per heavy atom. The Balaban J connectivity index is 2.07. The number of amides is 2. The quantitative estimate of drug-likeness (QED) is 0.873. The molecule has 25 heavy (non-hydrogen) atoms. The molecule has 7 heteroatoms. The van der Waals surface area contributed by atoms with Crippen molar-refractivity contribution in [3.8, 4) is 5.75 Å². The van der Waals surface area contributed by atoms with Crippen LogP contribution in [0.2, 0.25) is 0 Å². The van der Waals surface area contributed by atoms with Gasteiger partial charge in [0.2, 0.25) is 5.91 Å². The molecule has 2 rings (SSSR count). The van der Waals surface area contributed by atoms with Crippen LogP contribution in [0.1, 0.15) is 17.3 Å². The molecular formula is C18H18F2N2O3. The van der Waals surface area contributed by atoms with E-state index in [1.165, 1.54) is 18.1 Å². The van der Waals surface area contributed by atoms with Crippen LogP contribution in [0.5, 0.6) is 5.75 Å². The van der Waals surface area contributed by atoms with E-state index in [1.54, 1.807) is 31.2 Å². The molecule has 5 nitrogen and oxygen atoms in total. The number of likely N-dealkylation sites (N-methyl/N-ethyl adjacent to an activating group) is 1. The lowest BCUT2D eigenvalue weighted by molar-refractivity contribution is -0.116. The maximum absolute atomic E-state index is 13.6. The molecule has 0 heterocycles. The lowest BCUT2D eigenvalue weighted by atomic mass is 10.2. The number of benzene rings is 2. The highest BCUT2D eigenvalue weighted by Gasteiger charge is 2.19. The summed E-state index contributed by atoms with van der Waals surface area (Å²) in [5.74, 6) is -2.20. The number of halogens is 2. The first-order valence-corrected chi connectivity index (χ1v) is 7.63. The molecule has 1 N–H and O–H groups in total. The smallest absolute Gasteiger partial charge is 0.254 e. The molecule has 0 aromatic heterocycles. The minimum Gasteiger partial charge on any atom is -0.497 e. The normalized spacial score (nSPS) is 10.2. The number of carbonyl (C=O) groups excluding carboxylic acids is 2. The van der Waals surface area contributed by atoms with E-state index in [1.807, 2.05) is 0 Å². The minimum absolute atomic E-state index is 0.262. The third-order valence-electron chi connectivity index (χ3n) is 3.57. The molecular weight excluding hydrogens is 330 g/mol. The zero-order valence-electron chi connectivity index (χ0n) is 13.9. The Hall–Kier alpha value is -2.96. The number of nitrogens with one attached hydrogen (secondary N) is 1. The highest BCUT2D eigenvalue weighted by molar-refractivity contribution is 5.99. The molecule has 132 valence electrons. The fraction of sp³-hybridized carbons (Fsp3) is 0.222. The zero-order chi connectivity index (χ0) is 18.4. The molecule has 0 bridgehead atoms. The molecule has 0 spiro atoms. The van der Waals surface area contributed by atoms with Gasteiger partial charge in [0.1, 0.15) is 29.6 Å². The van der Waals surface area contributed by atoms with Gasteiger partial charge in [-0.1, -0.05) is 6.07 Å². The Kier molecular flexibility index (Phi) is 6.05. The van der Waals surface area contributed by atoms with Crippen molar-refractivity contribution in [1.82, 2.24) is 4.90 Å². The molecule has 2 aromatic carbocycles. The van der Waals surface area contributed by atoms with Crippen LogP contribution in [-0.4, -0.2) is 36.9 Å². The Bertz CT molecular complexity index is 743. The van der Waals surface area contributed by atoms with Gasteiger partial charge >= 0.3 is 0 Å². The molecule has 0 saturated carbocycles. The van der Waals surface area contributed by atoms with Gasteiger partial charge in [-0.05, 0) is 43.3 Å². The van der Waals surface area contributed by atoms with Crippen LogP contribution in [0.3, 0.4) is 0 Å². The van der Waals surface area contributed by atoms with Crippen LogP contribution in [0.15, 0.2) is 42.5 Å². The van der Waals surface area contributed by atoms with Crippen LogP contribution < -0.4 is 10.1 Å². The number of rotatable bonds is 6. The van der Waals surface area contributed by atoms with Crippen LogP contribution in [0.4, 0.5) is 14.5 Å². The van der Waals surface area contributed by atoms with Gasteiger partial charge in [0.05, 0.1) is 7.11 Å². The number of anilines is 1. The van der Waals surface area contributed by atoms with Crippen molar-refractivity contribution in [3.05, 3.63) is 59.7 Å². The number of hydrogen-bond donors (Lipinski definition) is 1. The van der Waals surface area contributed by atoms with Gasteiger partial charge in [-0.2, -0.15) is 0 Å². The number of carbonyl (C=O) groups is 2. The zero-order valence-corrected chi connectivity index (χ0v) is 13.9. The largest absolute Gasteiger partial charge is 0.497 e. The van der Waals surface area contributed by atoms with Crippen molar-refractivity contribution >= 4 is 17.5 Å². The SMILES string of the molecule is CCN(CC(=O)Nc1c(F)cccc1F)C(=O)c1ccc(OC)cc1. The van der Waals surface area contributed by atoms with Crippen LogP contribution in [0, 0.1) is 11.6 Å². The highest BCUT2D eigenvalue weighted by Crippen LogP contribution is 2.18. The summed E-state index contributed by atoms with van der Waals surface area (Å²) in [7, 11) is 1.52. The lowest BCUT2D eigenvalue weighted by Crippen LogP contribution is -2.38. The third-order valence-corrected chi connectivity index (χ3v) is 3.57. The first-order valence-electron chi connectivity index (χ1n) is 7.63. The number of nitrogens with zero attached hydrogens (tertiary/aromatic N) is 1. The van der Waals surface area contributed by atoms with Gasteiger partial charge in [0.25, 0.3) is 5.91 Å². The Morgan fingerprint density at radius 2 is 1.68 bits per heavy atom. The molecule has 0 aliphatic carbocycles. The Morgan fingerprint density at radius 1 is 1.08 bits per heavy atom. The summed E-state index contributed by atoms with van der Waals surface area (Å²) in [5, 5.41) is 2.17. The summed E-state index contributed by atoms with van der Waals surface area (Å²) >= 11 is 0. The predicted molar refractivity (Wildman–Crippen MR) is 89.6 cm³/mol. The third kappa shape index (κ3) is 4.53. The summed E-state index contributed by atoms with van der Waals surface area (Å²) in [4.78, 5) is 25.8. The minimum atomic E-state index is -0.877. The van der Waals surface area contributed by atoms with Gasteiger partial charge in [-0.15, -0.1) is 0 Å². The standard InChI is InChI=1S/C18H18F2N2O3/c1-3-22(18(24)12-7-9-13(25-2)10-8-12)11-16(23)21-17-14(19)5-4-6-15(17)20/h4-10H,3,11H2,1-2H3,(H,21,23). The predicted octanol–water partition coefficient (Wildman–Crippen LogP) is 3.07. The second-order valence-corrected chi connectivity index (χ2v) is 5.19. The number of methoxy groups -OCH3 is 1. The summed E-state index contributed by atoms with van der Waals surface area (Å²) in [6.45, 7) is 1.64. The van der Waals surface area contributed by atoms with E-state index in [0.29, 0.717) is 11.3 Å². The number of hydrogen-bond acceptors (Lipinski definition) is 3. The summed E-state index contributed by atoms with van der Waals surface area (Å²) < 4.78 is 32.2. The van der Waals surface area contributed by atoms with Crippen molar-refractivity contribution in [2.24, 2.45) is 0 Å². The van der Waals surface area contributed by atoms with Crippen molar-refractivity contribution < 1.29 is 23.1 Å². The summed E-state index contributed by atoms with van der Waals surface area (Å²) in [5.41, 5.74) is -0.145. The number of ether oxygens (including phenoxy) is 1.